The average Bonchev–Trinajstić information content (AvgIpc) is 2.98. The standard InChI is InChI=1S/C18H27N3O2/c1-11(2)14(13-7-5-6-9-19-13)20-17(22)21-15-12-8-10-23-16(12)18(15,3)4/h5-7,9,11-12,14-16H,8,10H2,1-4H3,(H2,20,21,22)/t12-,14+,15-,16-/m1/s1. The number of urea groups is 1. The minimum atomic E-state index is -0.113. The second-order valence-corrected chi connectivity index (χ2v) is 7.64. The summed E-state index contributed by atoms with van der Waals surface area (Å²) in [7, 11) is 0. The van der Waals surface area contributed by atoms with E-state index in [2.05, 4.69) is 43.3 Å². The number of rotatable bonds is 4. The zero-order chi connectivity index (χ0) is 16.6. The van der Waals surface area contributed by atoms with Crippen molar-refractivity contribution in [3.8, 4) is 0 Å². The first kappa shape index (κ1) is 16.2. The molecule has 2 fully saturated rings. The van der Waals surface area contributed by atoms with Gasteiger partial charge in [-0.2, -0.15) is 0 Å². The molecule has 5 heteroatoms. The predicted molar refractivity (Wildman–Crippen MR) is 88.9 cm³/mol. The van der Waals surface area contributed by atoms with E-state index in [-0.39, 0.29) is 35.6 Å². The number of amides is 2. The maximum Gasteiger partial charge on any atom is 0.315 e. The van der Waals surface area contributed by atoms with Gasteiger partial charge in [0.15, 0.2) is 0 Å². The van der Waals surface area contributed by atoms with Gasteiger partial charge in [0, 0.05) is 30.2 Å². The molecule has 4 atom stereocenters. The van der Waals surface area contributed by atoms with Crippen LogP contribution in [-0.4, -0.2) is 29.8 Å². The average molecular weight is 317 g/mol. The van der Waals surface area contributed by atoms with Crippen molar-refractivity contribution in [1.82, 2.24) is 15.6 Å². The molecule has 3 rings (SSSR count). The van der Waals surface area contributed by atoms with Crippen LogP contribution in [0.25, 0.3) is 0 Å². The fraction of sp³-hybridized carbons (Fsp3) is 0.667. The molecule has 23 heavy (non-hydrogen) atoms. The van der Waals surface area contributed by atoms with Crippen LogP contribution in [0.4, 0.5) is 4.79 Å². The molecule has 0 radical (unpaired) electrons. The Labute approximate surface area is 138 Å². The number of nitrogens with one attached hydrogen (secondary N) is 2. The van der Waals surface area contributed by atoms with Gasteiger partial charge in [-0.25, -0.2) is 4.79 Å². The summed E-state index contributed by atoms with van der Waals surface area (Å²) >= 11 is 0. The number of ether oxygens (including phenoxy) is 1. The largest absolute Gasteiger partial charge is 0.377 e. The third kappa shape index (κ3) is 2.94. The number of pyridine rings is 1. The highest BCUT2D eigenvalue weighted by Gasteiger charge is 2.59. The summed E-state index contributed by atoms with van der Waals surface area (Å²) in [5, 5.41) is 6.27. The Morgan fingerprint density at radius 1 is 1.39 bits per heavy atom. The summed E-state index contributed by atoms with van der Waals surface area (Å²) < 4.78 is 5.79. The molecule has 5 nitrogen and oxygen atoms in total. The molecule has 2 heterocycles. The van der Waals surface area contributed by atoms with Crippen molar-refractivity contribution in [2.75, 3.05) is 6.61 Å². The third-order valence-corrected chi connectivity index (χ3v) is 5.35. The van der Waals surface area contributed by atoms with Gasteiger partial charge < -0.3 is 15.4 Å². The molecule has 0 bridgehead atoms. The zero-order valence-corrected chi connectivity index (χ0v) is 14.4. The molecule has 2 amide bonds. The molecule has 1 aromatic heterocycles. The van der Waals surface area contributed by atoms with Crippen LogP contribution in [0, 0.1) is 17.3 Å². The summed E-state index contributed by atoms with van der Waals surface area (Å²) in [6.07, 6.45) is 3.08. The number of hydrogen-bond donors (Lipinski definition) is 2. The van der Waals surface area contributed by atoms with Crippen molar-refractivity contribution in [3.05, 3.63) is 30.1 Å². The highest BCUT2D eigenvalue weighted by molar-refractivity contribution is 5.75. The third-order valence-electron chi connectivity index (χ3n) is 5.35. The summed E-state index contributed by atoms with van der Waals surface area (Å²) in [6, 6.07) is 5.77. The van der Waals surface area contributed by atoms with Gasteiger partial charge in [0.05, 0.1) is 17.8 Å². The molecule has 0 unspecified atom stereocenters. The molecule has 126 valence electrons. The summed E-state index contributed by atoms with van der Waals surface area (Å²) in [5.41, 5.74) is 0.893. The van der Waals surface area contributed by atoms with Gasteiger partial charge in [0.1, 0.15) is 0 Å². The first-order valence-corrected chi connectivity index (χ1v) is 8.51. The maximum absolute atomic E-state index is 12.5. The summed E-state index contributed by atoms with van der Waals surface area (Å²) in [6.45, 7) is 9.33. The van der Waals surface area contributed by atoms with Crippen molar-refractivity contribution in [3.63, 3.8) is 0 Å². The van der Waals surface area contributed by atoms with E-state index in [0.29, 0.717) is 5.92 Å². The molecule has 1 saturated heterocycles. The topological polar surface area (TPSA) is 63.2 Å². The Morgan fingerprint density at radius 3 is 2.83 bits per heavy atom. The van der Waals surface area contributed by atoms with E-state index >= 15 is 0 Å². The minimum absolute atomic E-state index is 0.00314. The van der Waals surface area contributed by atoms with Crippen LogP contribution in [0.1, 0.15) is 45.9 Å². The number of hydrogen-bond acceptors (Lipinski definition) is 3. The fourth-order valence-electron chi connectivity index (χ4n) is 4.08. The quantitative estimate of drug-likeness (QED) is 0.897. The lowest BCUT2D eigenvalue weighted by molar-refractivity contribution is -0.108. The van der Waals surface area contributed by atoms with Crippen molar-refractivity contribution < 1.29 is 9.53 Å². The van der Waals surface area contributed by atoms with E-state index in [1.165, 1.54) is 0 Å². The monoisotopic (exact) mass is 317 g/mol. The Balaban J connectivity index is 1.64. The predicted octanol–water partition coefficient (Wildman–Crippen LogP) is 2.89. The highest BCUT2D eigenvalue weighted by Crippen LogP contribution is 2.52. The molecule has 0 aromatic carbocycles. The first-order chi connectivity index (χ1) is 10.9. The van der Waals surface area contributed by atoms with Gasteiger partial charge in [-0.1, -0.05) is 33.8 Å². The van der Waals surface area contributed by atoms with Crippen LogP contribution < -0.4 is 10.6 Å². The highest BCUT2D eigenvalue weighted by atomic mass is 16.5. The van der Waals surface area contributed by atoms with Crippen LogP contribution in [0.3, 0.4) is 0 Å². The molecular weight excluding hydrogens is 290 g/mol. The number of aromatic nitrogens is 1. The van der Waals surface area contributed by atoms with Crippen molar-refractivity contribution >= 4 is 6.03 Å². The normalized spacial score (nSPS) is 29.5. The van der Waals surface area contributed by atoms with Crippen molar-refractivity contribution in [1.29, 1.82) is 0 Å². The van der Waals surface area contributed by atoms with Gasteiger partial charge in [0.25, 0.3) is 0 Å². The smallest absolute Gasteiger partial charge is 0.315 e. The molecule has 1 aromatic rings. The minimum Gasteiger partial charge on any atom is -0.377 e. The Hall–Kier alpha value is -1.62. The second-order valence-electron chi connectivity index (χ2n) is 7.64. The van der Waals surface area contributed by atoms with E-state index in [9.17, 15) is 4.79 Å². The molecule has 0 spiro atoms. The Morgan fingerprint density at radius 2 is 2.17 bits per heavy atom. The molecule has 1 aliphatic carbocycles. The lowest BCUT2D eigenvalue weighted by Gasteiger charge is -2.54. The Kier molecular flexibility index (Phi) is 4.32. The number of fused-ring (bicyclic) bond motifs is 1. The molecule has 2 aliphatic rings. The number of nitrogens with zero attached hydrogens (tertiary/aromatic N) is 1. The van der Waals surface area contributed by atoms with Crippen LogP contribution in [-0.2, 0) is 4.74 Å². The van der Waals surface area contributed by atoms with Crippen LogP contribution >= 0.6 is 0 Å². The van der Waals surface area contributed by atoms with Gasteiger partial charge in [-0.3, -0.25) is 4.98 Å². The van der Waals surface area contributed by atoms with E-state index in [1.54, 1.807) is 6.20 Å². The lowest BCUT2D eigenvalue weighted by atomic mass is 9.57. The Bertz CT molecular complexity index is 559. The van der Waals surface area contributed by atoms with Gasteiger partial charge in [-0.05, 0) is 24.5 Å². The number of carbonyl (C=O) groups is 1. The fourth-order valence-corrected chi connectivity index (χ4v) is 4.08. The SMILES string of the molecule is CC(C)[C@H](NC(=O)N[C@@H]1[C@H]2CCO[C@H]2C1(C)C)c1ccccn1. The zero-order valence-electron chi connectivity index (χ0n) is 14.4. The summed E-state index contributed by atoms with van der Waals surface area (Å²) in [5.74, 6) is 0.718. The van der Waals surface area contributed by atoms with Gasteiger partial charge in [-0.15, -0.1) is 0 Å². The molecule has 2 N–H and O–H groups in total. The van der Waals surface area contributed by atoms with Gasteiger partial charge in [0.2, 0.25) is 0 Å². The molecule has 1 aliphatic heterocycles. The van der Waals surface area contributed by atoms with Crippen molar-refractivity contribution in [2.24, 2.45) is 17.3 Å². The number of carbonyl (C=O) groups excluding carboxylic acids is 1. The van der Waals surface area contributed by atoms with E-state index in [1.807, 2.05) is 18.2 Å². The summed E-state index contributed by atoms with van der Waals surface area (Å²) in [4.78, 5) is 16.9. The second kappa shape index (κ2) is 6.11. The maximum atomic E-state index is 12.5. The molecular formula is C18H27N3O2. The van der Waals surface area contributed by atoms with Crippen LogP contribution in [0.15, 0.2) is 24.4 Å². The lowest BCUT2D eigenvalue weighted by Crippen LogP contribution is -2.67. The van der Waals surface area contributed by atoms with E-state index in [0.717, 1.165) is 18.7 Å². The molecule has 1 saturated carbocycles. The van der Waals surface area contributed by atoms with E-state index in [4.69, 9.17) is 4.74 Å². The van der Waals surface area contributed by atoms with Crippen LogP contribution in [0.2, 0.25) is 0 Å². The van der Waals surface area contributed by atoms with E-state index < -0.39 is 0 Å². The van der Waals surface area contributed by atoms with Crippen molar-refractivity contribution in [2.45, 2.75) is 52.3 Å². The van der Waals surface area contributed by atoms with Crippen LogP contribution in [0.5, 0.6) is 0 Å². The van der Waals surface area contributed by atoms with Gasteiger partial charge >= 0.3 is 6.03 Å². The first-order valence-electron chi connectivity index (χ1n) is 8.51.